The maximum Gasteiger partial charge on any atom is 0.317 e. The summed E-state index contributed by atoms with van der Waals surface area (Å²) in [4.78, 5) is 24.8. The molecule has 2 amide bonds. The molecule has 0 aromatic heterocycles. The summed E-state index contributed by atoms with van der Waals surface area (Å²) in [5.74, 6) is -0.870. The van der Waals surface area contributed by atoms with E-state index in [0.717, 1.165) is 18.4 Å². The monoisotopic (exact) mass is 320 g/mol. The summed E-state index contributed by atoms with van der Waals surface area (Å²) in [6, 6.07) is 9.23. The van der Waals surface area contributed by atoms with Crippen molar-refractivity contribution in [3.8, 4) is 0 Å². The highest BCUT2D eigenvalue weighted by molar-refractivity contribution is 5.75. The van der Waals surface area contributed by atoms with Crippen molar-refractivity contribution >= 4 is 12.0 Å². The number of aliphatic carboxylic acids is 1. The third kappa shape index (κ3) is 5.90. The Morgan fingerprint density at radius 1 is 1.30 bits per heavy atom. The summed E-state index contributed by atoms with van der Waals surface area (Å²) in [5.41, 5.74) is 1.06. The summed E-state index contributed by atoms with van der Waals surface area (Å²) in [7, 11) is 0. The van der Waals surface area contributed by atoms with Crippen LogP contribution in [0.4, 0.5) is 4.79 Å². The fourth-order valence-corrected chi connectivity index (χ4v) is 2.83. The Balaban J connectivity index is 1.95. The molecule has 0 bridgehead atoms. The second-order valence-corrected chi connectivity index (χ2v) is 6.01. The molecule has 1 aromatic rings. The van der Waals surface area contributed by atoms with Gasteiger partial charge in [0.25, 0.3) is 0 Å². The van der Waals surface area contributed by atoms with Crippen LogP contribution in [0.25, 0.3) is 0 Å². The normalized spacial score (nSPS) is 19.2. The molecule has 6 nitrogen and oxygen atoms in total. The van der Waals surface area contributed by atoms with Gasteiger partial charge in [-0.05, 0) is 31.2 Å². The van der Waals surface area contributed by atoms with Gasteiger partial charge < -0.3 is 20.4 Å². The molecule has 0 aliphatic carbocycles. The second-order valence-electron chi connectivity index (χ2n) is 6.01. The predicted octanol–water partition coefficient (Wildman–Crippen LogP) is 1.63. The van der Waals surface area contributed by atoms with Crippen LogP contribution in [0.1, 0.15) is 31.2 Å². The van der Waals surface area contributed by atoms with E-state index >= 15 is 0 Å². The molecule has 0 spiro atoms. The quantitative estimate of drug-likeness (QED) is 0.743. The van der Waals surface area contributed by atoms with Gasteiger partial charge in [-0.1, -0.05) is 30.3 Å². The first-order chi connectivity index (χ1) is 11.0. The molecule has 1 aromatic carbocycles. The number of carboxylic acid groups (broad SMARTS) is 1. The zero-order chi connectivity index (χ0) is 16.7. The smallest absolute Gasteiger partial charge is 0.317 e. The van der Waals surface area contributed by atoms with Crippen LogP contribution in [-0.2, 0) is 11.2 Å². The second kappa shape index (κ2) is 8.53. The highest BCUT2D eigenvalue weighted by Crippen LogP contribution is 2.12. The van der Waals surface area contributed by atoms with E-state index in [1.54, 1.807) is 4.90 Å². The van der Waals surface area contributed by atoms with Gasteiger partial charge in [0.2, 0.25) is 0 Å². The SMILES string of the molecule is O=C(O)CCC(Cc1ccccc1)NC(=O)N1CCC[C@H](O)C1. The van der Waals surface area contributed by atoms with Crippen LogP contribution in [0.3, 0.4) is 0 Å². The minimum atomic E-state index is -0.870. The number of benzene rings is 1. The van der Waals surface area contributed by atoms with Crippen molar-refractivity contribution < 1.29 is 19.8 Å². The molecule has 1 saturated heterocycles. The first kappa shape index (κ1) is 17.3. The lowest BCUT2D eigenvalue weighted by molar-refractivity contribution is -0.137. The van der Waals surface area contributed by atoms with Gasteiger partial charge in [-0.2, -0.15) is 0 Å². The minimum Gasteiger partial charge on any atom is -0.481 e. The molecule has 3 N–H and O–H groups in total. The zero-order valence-electron chi connectivity index (χ0n) is 13.1. The maximum atomic E-state index is 12.3. The van der Waals surface area contributed by atoms with Gasteiger partial charge in [0, 0.05) is 25.6 Å². The van der Waals surface area contributed by atoms with Crippen LogP contribution in [0, 0.1) is 0 Å². The number of rotatable bonds is 6. The van der Waals surface area contributed by atoms with E-state index in [2.05, 4.69) is 5.32 Å². The standard InChI is InChI=1S/C17H24N2O4/c20-15-7-4-10-19(12-15)17(23)18-14(8-9-16(21)22)11-13-5-2-1-3-6-13/h1-3,5-6,14-15,20H,4,7-12H2,(H,18,23)(H,21,22)/t14?,15-/m0/s1. The van der Waals surface area contributed by atoms with Crippen molar-refractivity contribution in [1.29, 1.82) is 0 Å². The summed E-state index contributed by atoms with van der Waals surface area (Å²) in [6.07, 6.45) is 2.02. The van der Waals surface area contributed by atoms with Crippen LogP contribution in [0.15, 0.2) is 30.3 Å². The average molecular weight is 320 g/mol. The number of aliphatic hydroxyl groups is 1. The number of carbonyl (C=O) groups is 2. The summed E-state index contributed by atoms with van der Waals surface area (Å²) >= 11 is 0. The van der Waals surface area contributed by atoms with E-state index in [1.807, 2.05) is 30.3 Å². The Morgan fingerprint density at radius 3 is 2.70 bits per heavy atom. The Bertz CT molecular complexity index is 521. The van der Waals surface area contributed by atoms with Crippen LogP contribution < -0.4 is 5.32 Å². The number of nitrogens with one attached hydrogen (secondary N) is 1. The van der Waals surface area contributed by atoms with E-state index in [1.165, 1.54) is 0 Å². The maximum absolute atomic E-state index is 12.3. The number of β-amino-alcohol motifs (C(OH)–C–C–N with tert-alkyl or cyclic N) is 1. The number of piperidine rings is 1. The van der Waals surface area contributed by atoms with Crippen LogP contribution in [0.2, 0.25) is 0 Å². The van der Waals surface area contributed by atoms with E-state index < -0.39 is 12.1 Å². The number of aliphatic hydroxyl groups excluding tert-OH is 1. The minimum absolute atomic E-state index is 0.0143. The number of carboxylic acids is 1. The molecule has 1 heterocycles. The molecule has 1 aliphatic rings. The summed E-state index contributed by atoms with van der Waals surface area (Å²) in [6.45, 7) is 0.961. The molecule has 2 atom stereocenters. The Kier molecular flexibility index (Phi) is 6.40. The lowest BCUT2D eigenvalue weighted by atomic mass is 10.0. The molecule has 126 valence electrons. The first-order valence-electron chi connectivity index (χ1n) is 8.04. The number of nitrogens with zero attached hydrogens (tertiary/aromatic N) is 1. The Labute approximate surface area is 136 Å². The largest absolute Gasteiger partial charge is 0.481 e. The molecular formula is C17H24N2O4. The summed E-state index contributed by atoms with van der Waals surface area (Å²) in [5, 5.41) is 21.5. The average Bonchev–Trinajstić information content (AvgIpc) is 2.53. The highest BCUT2D eigenvalue weighted by atomic mass is 16.4. The molecule has 0 radical (unpaired) electrons. The lowest BCUT2D eigenvalue weighted by Gasteiger charge is -2.31. The Hall–Kier alpha value is -2.08. The van der Waals surface area contributed by atoms with Crippen molar-refractivity contribution in [3.63, 3.8) is 0 Å². The molecule has 0 saturated carbocycles. The van der Waals surface area contributed by atoms with E-state index in [-0.39, 0.29) is 18.5 Å². The predicted molar refractivity (Wildman–Crippen MR) is 86.1 cm³/mol. The number of amides is 2. The molecule has 1 fully saturated rings. The summed E-state index contributed by atoms with van der Waals surface area (Å²) < 4.78 is 0. The number of hydrogen-bond donors (Lipinski definition) is 3. The van der Waals surface area contributed by atoms with Gasteiger partial charge >= 0.3 is 12.0 Å². The lowest BCUT2D eigenvalue weighted by Crippen LogP contribution is -2.50. The van der Waals surface area contributed by atoms with E-state index in [4.69, 9.17) is 5.11 Å². The third-order valence-corrected chi connectivity index (χ3v) is 4.04. The highest BCUT2D eigenvalue weighted by Gasteiger charge is 2.24. The van der Waals surface area contributed by atoms with Gasteiger partial charge in [0.15, 0.2) is 0 Å². The number of hydrogen-bond acceptors (Lipinski definition) is 3. The van der Waals surface area contributed by atoms with Gasteiger partial charge in [-0.3, -0.25) is 4.79 Å². The molecule has 23 heavy (non-hydrogen) atoms. The first-order valence-corrected chi connectivity index (χ1v) is 8.04. The van der Waals surface area contributed by atoms with Crippen molar-refractivity contribution in [2.24, 2.45) is 0 Å². The van der Waals surface area contributed by atoms with E-state index in [0.29, 0.717) is 25.9 Å². The fraction of sp³-hybridized carbons (Fsp3) is 0.529. The van der Waals surface area contributed by atoms with Crippen LogP contribution in [0.5, 0.6) is 0 Å². The topological polar surface area (TPSA) is 89.9 Å². The van der Waals surface area contributed by atoms with Crippen molar-refractivity contribution in [3.05, 3.63) is 35.9 Å². The van der Waals surface area contributed by atoms with E-state index in [9.17, 15) is 14.7 Å². The van der Waals surface area contributed by atoms with Crippen molar-refractivity contribution in [1.82, 2.24) is 10.2 Å². The van der Waals surface area contributed by atoms with Crippen molar-refractivity contribution in [2.75, 3.05) is 13.1 Å². The molecule has 6 heteroatoms. The molecule has 1 unspecified atom stereocenters. The van der Waals surface area contributed by atoms with Gasteiger partial charge in [0.05, 0.1) is 6.10 Å². The zero-order valence-corrected chi connectivity index (χ0v) is 13.1. The van der Waals surface area contributed by atoms with Gasteiger partial charge in [-0.25, -0.2) is 4.79 Å². The van der Waals surface area contributed by atoms with Gasteiger partial charge in [0.1, 0.15) is 0 Å². The molecule has 1 aliphatic heterocycles. The Morgan fingerprint density at radius 2 is 2.04 bits per heavy atom. The molecule has 2 rings (SSSR count). The van der Waals surface area contributed by atoms with Crippen LogP contribution in [-0.4, -0.2) is 52.3 Å². The van der Waals surface area contributed by atoms with Gasteiger partial charge in [-0.15, -0.1) is 0 Å². The number of urea groups is 1. The third-order valence-electron chi connectivity index (χ3n) is 4.04. The number of carbonyl (C=O) groups excluding carboxylic acids is 1. The fourth-order valence-electron chi connectivity index (χ4n) is 2.83. The number of likely N-dealkylation sites (tertiary alicyclic amines) is 1. The van der Waals surface area contributed by atoms with Crippen LogP contribution >= 0.6 is 0 Å². The van der Waals surface area contributed by atoms with Crippen molar-refractivity contribution in [2.45, 2.75) is 44.2 Å². The molecular weight excluding hydrogens is 296 g/mol.